The Kier molecular flexibility index (Phi) is 5.40. The smallest absolute Gasteiger partial charge is 0.123 e. The van der Waals surface area contributed by atoms with Crippen LogP contribution in [0.2, 0.25) is 5.02 Å². The van der Waals surface area contributed by atoms with Gasteiger partial charge in [0.05, 0.1) is 0 Å². The van der Waals surface area contributed by atoms with E-state index >= 15 is 0 Å². The monoisotopic (exact) mass is 285 g/mol. The third-order valence-corrected chi connectivity index (χ3v) is 3.89. The van der Waals surface area contributed by atoms with Crippen molar-refractivity contribution in [1.29, 1.82) is 0 Å². The minimum atomic E-state index is -0.221. The Morgan fingerprint density at radius 1 is 1.21 bits per heavy atom. The Balaban J connectivity index is 2.82. The SMILES string of the molecule is CCC(C)(CNC(C)(C)C)Cc1cc(F)ccc1Cl. The molecule has 0 aliphatic carbocycles. The highest BCUT2D eigenvalue weighted by atomic mass is 35.5. The van der Waals surface area contributed by atoms with Crippen LogP contribution in [0, 0.1) is 11.2 Å². The maximum atomic E-state index is 13.3. The summed E-state index contributed by atoms with van der Waals surface area (Å²) in [5, 5.41) is 4.18. The lowest BCUT2D eigenvalue weighted by Gasteiger charge is -2.33. The van der Waals surface area contributed by atoms with Crippen LogP contribution in [0.3, 0.4) is 0 Å². The second kappa shape index (κ2) is 6.23. The minimum Gasteiger partial charge on any atom is -0.312 e. The van der Waals surface area contributed by atoms with Gasteiger partial charge in [0, 0.05) is 17.1 Å². The normalized spacial score (nSPS) is 15.3. The summed E-state index contributed by atoms with van der Waals surface area (Å²) in [4.78, 5) is 0. The summed E-state index contributed by atoms with van der Waals surface area (Å²) in [5.41, 5.74) is 1.05. The fourth-order valence-electron chi connectivity index (χ4n) is 1.93. The van der Waals surface area contributed by atoms with Gasteiger partial charge in [0.15, 0.2) is 0 Å². The molecule has 1 nitrogen and oxygen atoms in total. The van der Waals surface area contributed by atoms with Crippen molar-refractivity contribution in [3.63, 3.8) is 0 Å². The lowest BCUT2D eigenvalue weighted by Crippen LogP contribution is -2.43. The van der Waals surface area contributed by atoms with Gasteiger partial charge in [-0.1, -0.05) is 25.4 Å². The average Bonchev–Trinajstić information content (AvgIpc) is 2.31. The first-order valence-corrected chi connectivity index (χ1v) is 7.22. The van der Waals surface area contributed by atoms with Crippen molar-refractivity contribution in [2.24, 2.45) is 5.41 Å². The van der Waals surface area contributed by atoms with E-state index in [0.717, 1.165) is 24.9 Å². The van der Waals surface area contributed by atoms with Crippen molar-refractivity contribution in [3.05, 3.63) is 34.6 Å². The van der Waals surface area contributed by atoms with Crippen molar-refractivity contribution in [2.75, 3.05) is 6.54 Å². The third-order valence-electron chi connectivity index (χ3n) is 3.52. The molecule has 0 amide bonds. The third kappa shape index (κ3) is 5.50. The fraction of sp³-hybridized carbons (Fsp3) is 0.625. The van der Waals surface area contributed by atoms with Gasteiger partial charge in [0.1, 0.15) is 5.82 Å². The highest BCUT2D eigenvalue weighted by Gasteiger charge is 2.25. The topological polar surface area (TPSA) is 12.0 Å². The molecule has 0 fully saturated rings. The Labute approximate surface area is 121 Å². The molecule has 0 saturated heterocycles. The largest absolute Gasteiger partial charge is 0.312 e. The van der Waals surface area contributed by atoms with Gasteiger partial charge in [0.2, 0.25) is 0 Å². The van der Waals surface area contributed by atoms with E-state index in [1.165, 1.54) is 6.07 Å². The van der Waals surface area contributed by atoms with Crippen LogP contribution in [0.15, 0.2) is 18.2 Å². The first-order valence-electron chi connectivity index (χ1n) is 6.84. The molecule has 1 N–H and O–H groups in total. The Hall–Kier alpha value is -0.600. The van der Waals surface area contributed by atoms with Crippen LogP contribution in [-0.2, 0) is 6.42 Å². The summed E-state index contributed by atoms with van der Waals surface area (Å²) in [6, 6.07) is 4.59. The van der Waals surface area contributed by atoms with Crippen molar-refractivity contribution in [1.82, 2.24) is 5.32 Å². The van der Waals surface area contributed by atoms with E-state index in [9.17, 15) is 4.39 Å². The molecule has 1 atom stereocenters. The van der Waals surface area contributed by atoms with Crippen LogP contribution in [0.25, 0.3) is 0 Å². The number of hydrogen-bond acceptors (Lipinski definition) is 1. The summed E-state index contributed by atoms with van der Waals surface area (Å²) in [5.74, 6) is -0.221. The molecule has 0 radical (unpaired) electrons. The zero-order valence-electron chi connectivity index (χ0n) is 12.6. The predicted octanol–water partition coefficient (Wildman–Crippen LogP) is 4.83. The highest BCUT2D eigenvalue weighted by Crippen LogP contribution is 2.30. The molecular weight excluding hydrogens is 261 g/mol. The van der Waals surface area contributed by atoms with Gasteiger partial charge < -0.3 is 5.32 Å². The maximum absolute atomic E-state index is 13.3. The minimum absolute atomic E-state index is 0.0741. The zero-order valence-corrected chi connectivity index (χ0v) is 13.4. The Morgan fingerprint density at radius 3 is 2.37 bits per heavy atom. The summed E-state index contributed by atoms with van der Waals surface area (Å²) in [6.07, 6.45) is 1.80. The molecule has 0 heterocycles. The average molecular weight is 286 g/mol. The predicted molar refractivity (Wildman–Crippen MR) is 81.3 cm³/mol. The lowest BCUT2D eigenvalue weighted by atomic mass is 9.80. The van der Waals surface area contributed by atoms with Crippen LogP contribution >= 0.6 is 11.6 Å². The molecule has 0 bridgehead atoms. The molecule has 0 aromatic heterocycles. The first kappa shape index (κ1) is 16.5. The number of rotatable bonds is 5. The molecule has 0 aliphatic heterocycles. The number of hydrogen-bond donors (Lipinski definition) is 1. The van der Waals surface area contributed by atoms with E-state index in [2.05, 4.69) is 39.9 Å². The van der Waals surface area contributed by atoms with E-state index in [-0.39, 0.29) is 16.8 Å². The van der Waals surface area contributed by atoms with Crippen LogP contribution in [0.5, 0.6) is 0 Å². The van der Waals surface area contributed by atoms with E-state index in [1.807, 2.05) is 0 Å². The van der Waals surface area contributed by atoms with Crippen LogP contribution in [0.1, 0.15) is 46.6 Å². The van der Waals surface area contributed by atoms with Gasteiger partial charge >= 0.3 is 0 Å². The summed E-state index contributed by atoms with van der Waals surface area (Å²) < 4.78 is 13.3. The Bertz CT molecular complexity index is 425. The van der Waals surface area contributed by atoms with Crippen molar-refractivity contribution in [3.8, 4) is 0 Å². The molecule has 0 spiro atoms. The van der Waals surface area contributed by atoms with Crippen LogP contribution in [-0.4, -0.2) is 12.1 Å². The number of halogens is 2. The van der Waals surface area contributed by atoms with Crippen molar-refractivity contribution >= 4 is 11.6 Å². The van der Waals surface area contributed by atoms with Gasteiger partial charge in [-0.25, -0.2) is 4.39 Å². The zero-order chi connectivity index (χ0) is 14.7. The Morgan fingerprint density at radius 2 is 1.84 bits per heavy atom. The molecule has 3 heteroatoms. The molecule has 1 unspecified atom stereocenters. The molecule has 1 rings (SSSR count). The molecule has 1 aromatic carbocycles. The van der Waals surface area contributed by atoms with E-state index in [1.54, 1.807) is 12.1 Å². The van der Waals surface area contributed by atoms with E-state index in [0.29, 0.717) is 5.02 Å². The van der Waals surface area contributed by atoms with Crippen molar-refractivity contribution < 1.29 is 4.39 Å². The van der Waals surface area contributed by atoms with E-state index in [4.69, 9.17) is 11.6 Å². The van der Waals surface area contributed by atoms with E-state index < -0.39 is 0 Å². The van der Waals surface area contributed by atoms with Crippen LogP contribution < -0.4 is 5.32 Å². The second-order valence-corrected chi connectivity index (χ2v) is 7.09. The van der Waals surface area contributed by atoms with Crippen LogP contribution in [0.4, 0.5) is 4.39 Å². The second-order valence-electron chi connectivity index (χ2n) is 6.68. The van der Waals surface area contributed by atoms with Gasteiger partial charge in [0.25, 0.3) is 0 Å². The summed E-state index contributed by atoms with van der Waals surface area (Å²) >= 11 is 6.16. The number of nitrogens with one attached hydrogen (secondary N) is 1. The molecule has 0 aliphatic rings. The standard InChI is InChI=1S/C16H25ClFN/c1-6-16(5,11-19-15(2,3)4)10-12-9-13(18)7-8-14(12)17/h7-9,19H,6,10-11H2,1-5H3. The molecule has 0 saturated carbocycles. The fourth-order valence-corrected chi connectivity index (χ4v) is 2.11. The quantitative estimate of drug-likeness (QED) is 0.817. The highest BCUT2D eigenvalue weighted by molar-refractivity contribution is 6.31. The number of benzene rings is 1. The first-order chi connectivity index (χ1) is 8.65. The lowest BCUT2D eigenvalue weighted by molar-refractivity contribution is 0.254. The molecular formula is C16H25ClFN. The molecule has 19 heavy (non-hydrogen) atoms. The van der Waals surface area contributed by atoms with Gasteiger partial charge in [-0.05, 0) is 62.8 Å². The molecule has 1 aromatic rings. The maximum Gasteiger partial charge on any atom is 0.123 e. The van der Waals surface area contributed by atoms with Gasteiger partial charge in [-0.2, -0.15) is 0 Å². The van der Waals surface area contributed by atoms with Crippen molar-refractivity contribution in [2.45, 2.75) is 53.0 Å². The van der Waals surface area contributed by atoms with Gasteiger partial charge in [-0.3, -0.25) is 0 Å². The molecule has 108 valence electrons. The van der Waals surface area contributed by atoms with Gasteiger partial charge in [-0.15, -0.1) is 0 Å². The summed E-state index contributed by atoms with van der Waals surface area (Å²) in [7, 11) is 0. The summed E-state index contributed by atoms with van der Waals surface area (Å²) in [6.45, 7) is 11.7.